The third-order valence-corrected chi connectivity index (χ3v) is 3.65. The van der Waals surface area contributed by atoms with Crippen molar-refractivity contribution in [1.29, 1.82) is 0 Å². The van der Waals surface area contributed by atoms with Gasteiger partial charge in [0.2, 0.25) is 11.4 Å². The lowest BCUT2D eigenvalue weighted by Crippen LogP contribution is -2.60. The molecule has 4 nitrogen and oxygen atoms in total. The maximum Gasteiger partial charge on any atom is 0.231 e. The fourth-order valence-corrected chi connectivity index (χ4v) is 2.49. The molecule has 0 aliphatic carbocycles. The van der Waals surface area contributed by atoms with E-state index in [1.807, 2.05) is 60.7 Å². The molecule has 0 aliphatic heterocycles. The highest BCUT2D eigenvalue weighted by Gasteiger charge is 2.17. The highest BCUT2D eigenvalue weighted by Crippen LogP contribution is 2.17. The SMILES string of the molecule is [O-][NH+]=Cc1ccc(C(c2ccccc2)=[N+]([O-])c2ccccc2)cc1. The van der Waals surface area contributed by atoms with Crippen molar-refractivity contribution in [2.45, 2.75) is 0 Å². The summed E-state index contributed by atoms with van der Waals surface area (Å²) in [5.41, 5.74) is 3.48. The van der Waals surface area contributed by atoms with E-state index in [4.69, 9.17) is 0 Å². The van der Waals surface area contributed by atoms with Crippen LogP contribution in [-0.4, -0.2) is 16.7 Å². The van der Waals surface area contributed by atoms with Crippen molar-refractivity contribution in [2.24, 2.45) is 0 Å². The van der Waals surface area contributed by atoms with Crippen molar-refractivity contribution in [3.05, 3.63) is 112 Å². The van der Waals surface area contributed by atoms with Crippen LogP contribution in [0.15, 0.2) is 84.9 Å². The van der Waals surface area contributed by atoms with Crippen LogP contribution in [0.4, 0.5) is 5.69 Å². The Morgan fingerprint density at radius 3 is 1.88 bits per heavy atom. The second kappa shape index (κ2) is 7.24. The monoisotopic (exact) mass is 316 g/mol. The van der Waals surface area contributed by atoms with Gasteiger partial charge in [-0.3, -0.25) is 0 Å². The Hall–Kier alpha value is -3.40. The zero-order chi connectivity index (χ0) is 16.8. The lowest BCUT2D eigenvalue weighted by atomic mass is 10.0. The first-order chi connectivity index (χ1) is 11.8. The molecule has 0 heterocycles. The van der Waals surface area contributed by atoms with E-state index in [1.54, 1.807) is 29.4 Å². The van der Waals surface area contributed by atoms with E-state index < -0.39 is 0 Å². The lowest BCUT2D eigenvalue weighted by molar-refractivity contribution is -0.366. The Labute approximate surface area is 140 Å². The maximum absolute atomic E-state index is 13.0. The molecule has 0 atom stereocenters. The maximum atomic E-state index is 13.0. The molecule has 0 saturated heterocycles. The van der Waals surface area contributed by atoms with Crippen LogP contribution in [0.1, 0.15) is 16.7 Å². The van der Waals surface area contributed by atoms with Crippen LogP contribution in [0.5, 0.6) is 0 Å². The van der Waals surface area contributed by atoms with Gasteiger partial charge < -0.3 is 10.4 Å². The Morgan fingerprint density at radius 1 is 0.750 bits per heavy atom. The van der Waals surface area contributed by atoms with Gasteiger partial charge in [0.15, 0.2) is 6.21 Å². The van der Waals surface area contributed by atoms with Crippen LogP contribution in [0, 0.1) is 10.4 Å². The van der Waals surface area contributed by atoms with Crippen LogP contribution < -0.4 is 5.16 Å². The molecule has 0 saturated carbocycles. The summed E-state index contributed by atoms with van der Waals surface area (Å²) in [6.07, 6.45) is 1.36. The first-order valence-electron chi connectivity index (χ1n) is 7.55. The Morgan fingerprint density at radius 2 is 1.29 bits per heavy atom. The Kier molecular flexibility index (Phi) is 4.68. The molecule has 0 aliphatic rings. The molecule has 3 rings (SSSR count). The average molecular weight is 316 g/mol. The van der Waals surface area contributed by atoms with Crippen LogP contribution in [0.25, 0.3) is 0 Å². The molecule has 4 heteroatoms. The minimum atomic E-state index is 0.559. The molecule has 0 spiro atoms. The van der Waals surface area contributed by atoms with Crippen LogP contribution in [-0.2, 0) is 0 Å². The summed E-state index contributed by atoms with van der Waals surface area (Å²) < 4.78 is 0.930. The molecule has 0 unspecified atom stereocenters. The van der Waals surface area contributed by atoms with E-state index >= 15 is 0 Å². The molecule has 0 bridgehead atoms. The van der Waals surface area contributed by atoms with Crippen molar-refractivity contribution in [2.75, 3.05) is 0 Å². The summed E-state index contributed by atoms with van der Waals surface area (Å²) in [5, 5.41) is 25.2. The second-order valence-electron chi connectivity index (χ2n) is 5.23. The van der Waals surface area contributed by atoms with Gasteiger partial charge in [0.05, 0.1) is 0 Å². The number of nitrogens with zero attached hydrogens (tertiary/aromatic N) is 1. The third kappa shape index (κ3) is 3.33. The summed E-state index contributed by atoms with van der Waals surface area (Å²) in [6.45, 7) is 0. The molecular formula is C20H16N2O2. The van der Waals surface area contributed by atoms with Crippen LogP contribution in [0.3, 0.4) is 0 Å². The number of para-hydroxylation sites is 1. The van der Waals surface area contributed by atoms with Gasteiger partial charge in [-0.15, -0.1) is 0 Å². The molecule has 1 N–H and O–H groups in total. The van der Waals surface area contributed by atoms with Gasteiger partial charge in [0.25, 0.3) is 0 Å². The predicted molar refractivity (Wildman–Crippen MR) is 95.3 cm³/mol. The topological polar surface area (TPSA) is 63.1 Å². The van der Waals surface area contributed by atoms with Crippen molar-refractivity contribution in [3.63, 3.8) is 0 Å². The van der Waals surface area contributed by atoms with Crippen LogP contribution >= 0.6 is 0 Å². The van der Waals surface area contributed by atoms with Gasteiger partial charge >= 0.3 is 0 Å². The van der Waals surface area contributed by atoms with E-state index in [0.717, 1.165) is 21.4 Å². The van der Waals surface area contributed by atoms with E-state index in [9.17, 15) is 10.4 Å². The molecule has 3 aromatic rings. The van der Waals surface area contributed by atoms with E-state index in [0.29, 0.717) is 11.4 Å². The molecule has 0 radical (unpaired) electrons. The van der Waals surface area contributed by atoms with Gasteiger partial charge in [-0.1, -0.05) is 36.4 Å². The smallest absolute Gasteiger partial charge is 0.231 e. The van der Waals surface area contributed by atoms with Crippen molar-refractivity contribution in [3.8, 4) is 0 Å². The zero-order valence-corrected chi connectivity index (χ0v) is 12.9. The Balaban J connectivity index is 2.16. The largest absolute Gasteiger partial charge is 0.625 e. The first-order valence-corrected chi connectivity index (χ1v) is 7.55. The highest BCUT2D eigenvalue weighted by atomic mass is 16.5. The number of benzene rings is 3. The van der Waals surface area contributed by atoms with Gasteiger partial charge in [-0.25, -0.2) is 5.16 Å². The summed E-state index contributed by atoms with van der Waals surface area (Å²) in [5.74, 6) is 0. The van der Waals surface area contributed by atoms with Crippen molar-refractivity contribution < 1.29 is 9.89 Å². The van der Waals surface area contributed by atoms with Gasteiger partial charge in [-0.2, -0.15) is 4.74 Å². The van der Waals surface area contributed by atoms with Crippen molar-refractivity contribution in [1.82, 2.24) is 0 Å². The molecule has 3 aromatic carbocycles. The normalized spacial score (nSPS) is 12.2. The third-order valence-electron chi connectivity index (χ3n) is 3.65. The van der Waals surface area contributed by atoms with Crippen molar-refractivity contribution >= 4 is 17.6 Å². The molecule has 0 amide bonds. The van der Waals surface area contributed by atoms with E-state index in [-0.39, 0.29) is 0 Å². The fraction of sp³-hybridized carbons (Fsp3) is 0. The van der Waals surface area contributed by atoms with Gasteiger partial charge in [0, 0.05) is 28.8 Å². The molecule has 24 heavy (non-hydrogen) atoms. The number of nitrogens with one attached hydrogen (secondary N) is 1. The fourth-order valence-electron chi connectivity index (χ4n) is 2.49. The summed E-state index contributed by atoms with van der Waals surface area (Å²) in [6, 6.07) is 25.9. The summed E-state index contributed by atoms with van der Waals surface area (Å²) in [4.78, 5) is 0. The molecule has 118 valence electrons. The van der Waals surface area contributed by atoms with E-state index in [1.165, 1.54) is 6.21 Å². The molecule has 0 fully saturated rings. The number of rotatable bonds is 4. The lowest BCUT2D eigenvalue weighted by Gasteiger charge is -2.11. The van der Waals surface area contributed by atoms with Gasteiger partial charge in [-0.05, 0) is 36.4 Å². The highest BCUT2D eigenvalue weighted by molar-refractivity contribution is 6.10. The average Bonchev–Trinajstić information content (AvgIpc) is 2.65. The second-order valence-corrected chi connectivity index (χ2v) is 5.23. The zero-order valence-electron chi connectivity index (χ0n) is 12.9. The minimum absolute atomic E-state index is 0.559. The summed E-state index contributed by atoms with van der Waals surface area (Å²) >= 11 is 0. The van der Waals surface area contributed by atoms with Gasteiger partial charge in [0.1, 0.15) is 0 Å². The predicted octanol–water partition coefficient (Wildman–Crippen LogP) is 2.36. The number of hydrogen-bond donors (Lipinski definition) is 1. The van der Waals surface area contributed by atoms with Crippen LogP contribution in [0.2, 0.25) is 0 Å². The Bertz CT molecular complexity index is 855. The quantitative estimate of drug-likeness (QED) is 0.348. The molecular weight excluding hydrogens is 300 g/mol. The molecule has 0 aromatic heterocycles. The minimum Gasteiger partial charge on any atom is -0.625 e. The summed E-state index contributed by atoms with van der Waals surface area (Å²) in [7, 11) is 0. The standard InChI is InChI=1S/C20H16N2O2/c23-21-15-16-11-13-18(14-12-16)20(17-7-3-1-4-8-17)22(24)19-9-5-2-6-10-19/h1-15,21H. The van der Waals surface area contributed by atoms with E-state index in [2.05, 4.69) is 0 Å². The number of hydrogen-bond acceptors (Lipinski definition) is 2. The first kappa shape index (κ1) is 15.5.